The lowest BCUT2D eigenvalue weighted by Gasteiger charge is -2.27. The van der Waals surface area contributed by atoms with E-state index in [-0.39, 0.29) is 11.4 Å². The third kappa shape index (κ3) is 3.20. The third-order valence-corrected chi connectivity index (χ3v) is 4.89. The number of rotatable bonds is 4. The first kappa shape index (κ1) is 13.0. The summed E-state index contributed by atoms with van der Waals surface area (Å²) in [5.41, 5.74) is -0.218. The van der Waals surface area contributed by atoms with Gasteiger partial charge in [0.2, 0.25) is 0 Å². The zero-order valence-corrected chi connectivity index (χ0v) is 11.8. The number of carbonyl (C=O) groups is 1. The van der Waals surface area contributed by atoms with Gasteiger partial charge in [-0.15, -0.1) is 11.3 Å². The fraction of sp³-hybridized carbons (Fsp3) is 0.500. The largest absolute Gasteiger partial charge is 0.345 e. The number of hydrogen-bond donors (Lipinski definition) is 1. The van der Waals surface area contributed by atoms with Gasteiger partial charge >= 0.3 is 0 Å². The second kappa shape index (κ2) is 5.32. The van der Waals surface area contributed by atoms with E-state index >= 15 is 0 Å². The van der Waals surface area contributed by atoms with E-state index in [0.29, 0.717) is 9.90 Å². The first-order valence-electron chi connectivity index (χ1n) is 4.64. The Kier molecular flexibility index (Phi) is 4.62. The maximum Gasteiger partial charge on any atom is 0.263 e. The zero-order valence-electron chi connectivity index (χ0n) is 8.64. The minimum absolute atomic E-state index is 0.0983. The van der Waals surface area contributed by atoms with E-state index in [0.717, 1.165) is 11.8 Å². The first-order chi connectivity index (χ1) is 7.02. The van der Waals surface area contributed by atoms with E-state index in [2.05, 4.69) is 21.2 Å². The van der Waals surface area contributed by atoms with E-state index in [1.165, 1.54) is 11.3 Å². The van der Waals surface area contributed by atoms with E-state index in [9.17, 15) is 4.79 Å². The van der Waals surface area contributed by atoms with Crippen LogP contribution in [0.1, 0.15) is 29.9 Å². The van der Waals surface area contributed by atoms with Crippen LogP contribution in [0, 0.1) is 0 Å². The topological polar surface area (TPSA) is 29.1 Å². The molecule has 0 aliphatic rings. The first-order valence-corrected chi connectivity index (χ1v) is 7.02. The Morgan fingerprint density at radius 1 is 1.73 bits per heavy atom. The quantitative estimate of drug-likeness (QED) is 0.844. The second-order valence-electron chi connectivity index (χ2n) is 3.60. The summed E-state index contributed by atoms with van der Waals surface area (Å²) in [5, 5.41) is 6.04. The Balaban J connectivity index is 2.76. The summed E-state index contributed by atoms with van der Waals surface area (Å²) < 4.78 is 0. The molecule has 0 spiro atoms. The van der Waals surface area contributed by atoms with Crippen LogP contribution < -0.4 is 5.32 Å². The second-order valence-corrected chi connectivity index (χ2v) is 5.48. The van der Waals surface area contributed by atoms with Crippen molar-refractivity contribution >= 4 is 44.8 Å². The molecule has 15 heavy (non-hydrogen) atoms. The van der Waals surface area contributed by atoms with Crippen molar-refractivity contribution in [2.75, 3.05) is 5.33 Å². The molecule has 0 aliphatic carbocycles. The van der Waals surface area contributed by atoms with Gasteiger partial charge in [-0.2, -0.15) is 0 Å². The Hall–Kier alpha value is -0.0600. The highest BCUT2D eigenvalue weighted by Gasteiger charge is 2.24. The normalized spacial score (nSPS) is 14.7. The zero-order chi connectivity index (χ0) is 11.5. The average molecular weight is 311 g/mol. The molecule has 1 N–H and O–H groups in total. The maximum absolute atomic E-state index is 11.9. The van der Waals surface area contributed by atoms with Crippen LogP contribution in [0.4, 0.5) is 0 Å². The summed E-state index contributed by atoms with van der Waals surface area (Å²) in [6, 6.07) is 1.73. The molecule has 0 radical (unpaired) electrons. The van der Waals surface area contributed by atoms with E-state index in [1.807, 2.05) is 19.2 Å². The number of nitrogens with one attached hydrogen (secondary N) is 1. The fourth-order valence-electron chi connectivity index (χ4n) is 1.00. The molecule has 1 atom stereocenters. The van der Waals surface area contributed by atoms with Crippen LogP contribution >= 0.6 is 38.9 Å². The average Bonchev–Trinajstić information content (AvgIpc) is 2.64. The lowest BCUT2D eigenvalue weighted by atomic mass is 10.0. The Morgan fingerprint density at radius 2 is 2.40 bits per heavy atom. The Morgan fingerprint density at radius 3 is 2.80 bits per heavy atom. The van der Waals surface area contributed by atoms with Gasteiger partial charge in [-0.3, -0.25) is 4.79 Å². The number of halogens is 2. The van der Waals surface area contributed by atoms with Crippen molar-refractivity contribution in [3.8, 4) is 0 Å². The van der Waals surface area contributed by atoms with Crippen molar-refractivity contribution < 1.29 is 4.79 Å². The molecule has 1 aromatic heterocycles. The van der Waals surface area contributed by atoms with Crippen molar-refractivity contribution in [2.24, 2.45) is 0 Å². The van der Waals surface area contributed by atoms with Crippen LogP contribution in [0.25, 0.3) is 0 Å². The molecule has 0 aliphatic heterocycles. The molecule has 0 aromatic carbocycles. The minimum atomic E-state index is -0.218. The Labute approximate surface area is 107 Å². The van der Waals surface area contributed by atoms with Crippen molar-refractivity contribution in [1.82, 2.24) is 5.32 Å². The molecule has 84 valence electrons. The summed E-state index contributed by atoms with van der Waals surface area (Å²) >= 11 is 10.6. The van der Waals surface area contributed by atoms with Gasteiger partial charge in [-0.05, 0) is 24.8 Å². The van der Waals surface area contributed by atoms with Gasteiger partial charge in [0.1, 0.15) is 4.88 Å². The van der Waals surface area contributed by atoms with Crippen LogP contribution in [0.5, 0.6) is 0 Å². The predicted molar refractivity (Wildman–Crippen MR) is 69.3 cm³/mol. The van der Waals surface area contributed by atoms with Crippen molar-refractivity contribution in [3.05, 3.63) is 21.3 Å². The van der Waals surface area contributed by atoms with Crippen LogP contribution in [0.2, 0.25) is 5.02 Å². The summed E-state index contributed by atoms with van der Waals surface area (Å²) in [4.78, 5) is 12.4. The lowest BCUT2D eigenvalue weighted by molar-refractivity contribution is 0.0918. The number of carbonyl (C=O) groups excluding carboxylic acids is 1. The highest BCUT2D eigenvalue weighted by molar-refractivity contribution is 9.09. The number of thiophene rings is 1. The van der Waals surface area contributed by atoms with Gasteiger partial charge < -0.3 is 5.32 Å². The SMILES string of the molecule is CCC(C)(CBr)NC(=O)c1sccc1Cl. The van der Waals surface area contributed by atoms with Crippen LogP contribution in [-0.4, -0.2) is 16.8 Å². The van der Waals surface area contributed by atoms with Crippen molar-refractivity contribution in [2.45, 2.75) is 25.8 Å². The molecule has 0 fully saturated rings. The minimum Gasteiger partial charge on any atom is -0.345 e. The highest BCUT2D eigenvalue weighted by atomic mass is 79.9. The standard InChI is InChI=1S/C10H13BrClNOS/c1-3-10(2,6-11)13-9(14)8-7(12)4-5-15-8/h4-5H,3,6H2,1-2H3,(H,13,14). The monoisotopic (exact) mass is 309 g/mol. The van der Waals surface area contributed by atoms with Crippen LogP contribution in [0.3, 0.4) is 0 Å². The molecule has 1 amide bonds. The van der Waals surface area contributed by atoms with E-state index < -0.39 is 0 Å². The Bertz CT molecular complexity index is 349. The van der Waals surface area contributed by atoms with E-state index in [4.69, 9.17) is 11.6 Å². The lowest BCUT2D eigenvalue weighted by Crippen LogP contribution is -2.46. The molecule has 1 rings (SSSR count). The molecule has 5 heteroatoms. The van der Waals surface area contributed by atoms with Gasteiger partial charge in [-0.25, -0.2) is 0 Å². The van der Waals surface area contributed by atoms with Crippen molar-refractivity contribution in [3.63, 3.8) is 0 Å². The summed E-state index contributed by atoms with van der Waals surface area (Å²) in [7, 11) is 0. The number of alkyl halides is 1. The van der Waals surface area contributed by atoms with Gasteiger partial charge in [0.25, 0.3) is 5.91 Å². The van der Waals surface area contributed by atoms with Crippen molar-refractivity contribution in [1.29, 1.82) is 0 Å². The highest BCUT2D eigenvalue weighted by Crippen LogP contribution is 2.23. The van der Waals surface area contributed by atoms with Gasteiger partial charge in [0.05, 0.1) is 5.02 Å². The number of amides is 1. The van der Waals surface area contributed by atoms with Gasteiger partial charge in [0.15, 0.2) is 0 Å². The molecule has 0 saturated heterocycles. The van der Waals surface area contributed by atoms with Gasteiger partial charge in [-0.1, -0.05) is 34.5 Å². The maximum atomic E-state index is 11.9. The number of hydrogen-bond acceptors (Lipinski definition) is 2. The smallest absolute Gasteiger partial charge is 0.263 e. The van der Waals surface area contributed by atoms with E-state index in [1.54, 1.807) is 6.07 Å². The molecule has 2 nitrogen and oxygen atoms in total. The predicted octanol–water partition coefficient (Wildman–Crippen LogP) is 3.69. The molecule has 1 heterocycles. The molecular weight excluding hydrogens is 298 g/mol. The molecule has 1 aromatic rings. The molecule has 0 bridgehead atoms. The van der Waals surface area contributed by atoms with Gasteiger partial charge in [0, 0.05) is 10.9 Å². The molecule has 0 saturated carbocycles. The summed E-state index contributed by atoms with van der Waals surface area (Å²) in [6.45, 7) is 4.04. The van der Waals surface area contributed by atoms with Crippen LogP contribution in [0.15, 0.2) is 11.4 Å². The summed E-state index contributed by atoms with van der Waals surface area (Å²) in [5.74, 6) is -0.0983. The fourth-order valence-corrected chi connectivity index (χ4v) is 2.58. The molecule has 1 unspecified atom stereocenters. The summed E-state index contributed by atoms with van der Waals surface area (Å²) in [6.07, 6.45) is 0.868. The third-order valence-electron chi connectivity index (χ3n) is 2.31. The van der Waals surface area contributed by atoms with Crippen LogP contribution in [-0.2, 0) is 0 Å². The molecular formula is C10H13BrClNOS.